The molecule has 0 radical (unpaired) electrons. The predicted molar refractivity (Wildman–Crippen MR) is 64.6 cm³/mol. The van der Waals surface area contributed by atoms with Gasteiger partial charge in [0.2, 0.25) is 5.97 Å². The highest BCUT2D eigenvalue weighted by Gasteiger charge is 2.33. The minimum atomic E-state index is -4.62. The van der Waals surface area contributed by atoms with Crippen LogP contribution in [0.15, 0.2) is 24.3 Å². The summed E-state index contributed by atoms with van der Waals surface area (Å²) in [5, 5.41) is 19.6. The Hall–Kier alpha value is -1.15. The van der Waals surface area contributed by atoms with Gasteiger partial charge in [-0.3, -0.25) is 14.7 Å². The zero-order valence-electron chi connectivity index (χ0n) is 9.39. The molecule has 0 bridgehead atoms. The fourth-order valence-electron chi connectivity index (χ4n) is 0.941. The zero-order valence-corrected chi connectivity index (χ0v) is 11.0. The zero-order chi connectivity index (χ0) is 14.5. The van der Waals surface area contributed by atoms with Gasteiger partial charge in [-0.15, -0.1) is 0 Å². The molecule has 0 aliphatic rings. The van der Waals surface area contributed by atoms with Gasteiger partial charge in [0.15, 0.2) is 5.75 Å². The van der Waals surface area contributed by atoms with E-state index in [-0.39, 0.29) is 10.8 Å². The molecule has 8 nitrogen and oxygen atoms in total. The van der Waals surface area contributed by atoms with Gasteiger partial charge in [-0.1, -0.05) is 28.4 Å². The fraction of sp³-hybridized carbons (Fsp3) is 0.222. The number of carbonyl (C=O) groups is 1. The van der Waals surface area contributed by atoms with E-state index in [2.05, 4.69) is 9.56 Å². The van der Waals surface area contributed by atoms with E-state index in [0.717, 1.165) is 0 Å². The van der Waals surface area contributed by atoms with Crippen LogP contribution in [0.1, 0.15) is 0 Å². The van der Waals surface area contributed by atoms with Crippen LogP contribution in [0.3, 0.4) is 0 Å². The van der Waals surface area contributed by atoms with E-state index < -0.39 is 26.1 Å². The second-order valence-electron chi connectivity index (χ2n) is 3.30. The molecule has 1 rings (SSSR count). The Kier molecular flexibility index (Phi) is 5.74. The Morgan fingerprint density at radius 3 is 2.68 bits per heavy atom. The molecule has 0 fully saturated rings. The van der Waals surface area contributed by atoms with Crippen LogP contribution in [0.25, 0.3) is 0 Å². The number of benzene rings is 1. The van der Waals surface area contributed by atoms with Gasteiger partial charge in [-0.25, -0.2) is 0 Å². The summed E-state index contributed by atoms with van der Waals surface area (Å²) in [5.41, 5.74) is 0. The summed E-state index contributed by atoms with van der Waals surface area (Å²) < 4.78 is 15.7. The highest BCUT2D eigenvalue weighted by atomic mass is 35.5. The first-order chi connectivity index (χ1) is 8.83. The third-order valence-electron chi connectivity index (χ3n) is 1.82. The van der Waals surface area contributed by atoms with Gasteiger partial charge >= 0.3 is 13.6 Å². The standard InChI is InChI=1S/C9H11ClNO7P/c10-6-3-1-2-4-7(6)17-18-19(15,16)9(14)11-5-8(12)13/h1-4,9,11,14H,5H2,(H,12,13)(H,15,16). The van der Waals surface area contributed by atoms with E-state index in [1.807, 2.05) is 5.32 Å². The number of aliphatic carboxylic acids is 1. The van der Waals surface area contributed by atoms with Crippen LogP contribution in [0, 0.1) is 0 Å². The lowest BCUT2D eigenvalue weighted by Crippen LogP contribution is -2.34. The highest BCUT2D eigenvalue weighted by molar-refractivity contribution is 7.53. The molecule has 0 saturated heterocycles. The van der Waals surface area contributed by atoms with Crippen molar-refractivity contribution in [1.82, 2.24) is 5.32 Å². The van der Waals surface area contributed by atoms with E-state index in [9.17, 15) is 19.4 Å². The molecule has 4 N–H and O–H groups in total. The van der Waals surface area contributed by atoms with Crippen molar-refractivity contribution >= 4 is 25.2 Å². The van der Waals surface area contributed by atoms with Crippen molar-refractivity contribution in [3.63, 3.8) is 0 Å². The molecular weight excluding hydrogens is 301 g/mol. The van der Waals surface area contributed by atoms with Gasteiger partial charge in [-0.05, 0) is 12.1 Å². The van der Waals surface area contributed by atoms with Crippen molar-refractivity contribution < 1.29 is 34.0 Å². The summed E-state index contributed by atoms with van der Waals surface area (Å²) in [7, 11) is -4.62. The van der Waals surface area contributed by atoms with Gasteiger partial charge < -0.3 is 20.0 Å². The first-order valence-corrected chi connectivity index (χ1v) is 6.92. The average Bonchev–Trinajstić information content (AvgIpc) is 2.34. The largest absolute Gasteiger partial charge is 0.480 e. The van der Waals surface area contributed by atoms with Crippen LogP contribution in [0.2, 0.25) is 5.02 Å². The molecule has 0 heterocycles. The number of nitrogens with one attached hydrogen (secondary N) is 1. The Bertz CT molecular complexity index is 497. The second-order valence-corrected chi connectivity index (χ2v) is 5.47. The Morgan fingerprint density at radius 1 is 1.47 bits per heavy atom. The SMILES string of the molecule is O=C(O)CNC(O)P(=O)(O)OOc1ccccc1Cl. The summed E-state index contributed by atoms with van der Waals surface area (Å²) in [4.78, 5) is 24.1. The fourth-order valence-corrected chi connectivity index (χ4v) is 1.70. The molecule has 106 valence electrons. The van der Waals surface area contributed by atoms with Crippen LogP contribution < -0.4 is 10.2 Å². The van der Waals surface area contributed by atoms with Gasteiger partial charge in [0.1, 0.15) is 0 Å². The molecule has 0 saturated carbocycles. The van der Waals surface area contributed by atoms with E-state index >= 15 is 0 Å². The average molecular weight is 312 g/mol. The first kappa shape index (κ1) is 15.9. The number of carboxylic acids is 1. The highest BCUT2D eigenvalue weighted by Crippen LogP contribution is 2.45. The van der Waals surface area contributed by atoms with Crippen molar-refractivity contribution in [3.8, 4) is 5.75 Å². The number of aliphatic hydroxyl groups excluding tert-OH is 1. The van der Waals surface area contributed by atoms with E-state index in [4.69, 9.17) is 16.7 Å². The van der Waals surface area contributed by atoms with Crippen LogP contribution in [0.5, 0.6) is 5.75 Å². The smallest absolute Gasteiger partial charge is 0.408 e. The monoisotopic (exact) mass is 311 g/mol. The number of halogens is 1. The van der Waals surface area contributed by atoms with Crippen molar-refractivity contribution in [2.24, 2.45) is 0 Å². The topological polar surface area (TPSA) is 125 Å². The maximum Gasteiger partial charge on any atom is 0.408 e. The number of aliphatic hydroxyl groups is 1. The number of hydrogen-bond donors (Lipinski definition) is 4. The maximum absolute atomic E-state index is 11.5. The summed E-state index contributed by atoms with van der Waals surface area (Å²) in [5.74, 6) is -3.44. The molecule has 0 aromatic heterocycles. The summed E-state index contributed by atoms with van der Waals surface area (Å²) in [6, 6.07) is 5.99. The molecule has 0 aliphatic carbocycles. The molecular formula is C9H11ClNO7P. The van der Waals surface area contributed by atoms with Crippen LogP contribution in [0.4, 0.5) is 0 Å². The van der Waals surface area contributed by atoms with Gasteiger partial charge in [-0.2, -0.15) is 0 Å². The third-order valence-corrected chi connectivity index (χ3v) is 3.22. The van der Waals surface area contributed by atoms with E-state index in [1.165, 1.54) is 12.1 Å². The molecule has 2 unspecified atom stereocenters. The molecule has 10 heteroatoms. The molecule has 19 heavy (non-hydrogen) atoms. The Labute approximate surface area is 113 Å². The van der Waals surface area contributed by atoms with Crippen molar-refractivity contribution in [2.75, 3.05) is 6.54 Å². The number of para-hydroxylation sites is 1. The first-order valence-electron chi connectivity index (χ1n) is 4.89. The molecule has 1 aromatic carbocycles. The Balaban J connectivity index is 2.57. The minimum absolute atomic E-state index is 0.0242. The lowest BCUT2D eigenvalue weighted by atomic mass is 10.3. The van der Waals surface area contributed by atoms with Crippen LogP contribution >= 0.6 is 19.2 Å². The van der Waals surface area contributed by atoms with Crippen molar-refractivity contribution in [2.45, 2.75) is 5.97 Å². The minimum Gasteiger partial charge on any atom is -0.480 e. The number of hydrogen-bond acceptors (Lipinski definition) is 6. The quantitative estimate of drug-likeness (QED) is 0.252. The normalized spacial score (nSPS) is 15.5. The Morgan fingerprint density at radius 2 is 2.11 bits per heavy atom. The molecule has 2 atom stereocenters. The third kappa shape index (κ3) is 5.15. The summed E-state index contributed by atoms with van der Waals surface area (Å²) in [6.07, 6.45) is 0. The van der Waals surface area contributed by atoms with E-state index in [1.54, 1.807) is 12.1 Å². The lowest BCUT2D eigenvalue weighted by Gasteiger charge is -2.17. The lowest BCUT2D eigenvalue weighted by molar-refractivity contribution is -0.136. The molecule has 0 spiro atoms. The van der Waals surface area contributed by atoms with Gasteiger partial charge in [0.25, 0.3) is 0 Å². The second kappa shape index (κ2) is 6.85. The molecule has 0 amide bonds. The number of carboxylic acid groups (broad SMARTS) is 1. The van der Waals surface area contributed by atoms with Crippen molar-refractivity contribution in [3.05, 3.63) is 29.3 Å². The van der Waals surface area contributed by atoms with Crippen molar-refractivity contribution in [1.29, 1.82) is 0 Å². The molecule has 1 aromatic rings. The van der Waals surface area contributed by atoms with Crippen LogP contribution in [-0.2, 0) is 14.0 Å². The summed E-state index contributed by atoms with van der Waals surface area (Å²) in [6.45, 7) is -0.721. The number of rotatable bonds is 7. The van der Waals surface area contributed by atoms with Gasteiger partial charge in [0.05, 0.1) is 11.6 Å². The predicted octanol–water partition coefficient (Wildman–Crippen LogP) is 0.786. The molecule has 0 aliphatic heterocycles. The van der Waals surface area contributed by atoms with E-state index in [0.29, 0.717) is 0 Å². The van der Waals surface area contributed by atoms with Gasteiger partial charge in [0, 0.05) is 0 Å². The van der Waals surface area contributed by atoms with Crippen LogP contribution in [-0.4, -0.2) is 33.6 Å². The maximum atomic E-state index is 11.5. The summed E-state index contributed by atoms with van der Waals surface area (Å²) >= 11 is 5.70.